The van der Waals surface area contributed by atoms with E-state index in [2.05, 4.69) is 5.32 Å². The van der Waals surface area contributed by atoms with Gasteiger partial charge in [-0.1, -0.05) is 42.5 Å². The van der Waals surface area contributed by atoms with Crippen LogP contribution < -0.4 is 5.32 Å². The van der Waals surface area contributed by atoms with Gasteiger partial charge in [0, 0.05) is 10.9 Å². The van der Waals surface area contributed by atoms with E-state index >= 15 is 0 Å². The summed E-state index contributed by atoms with van der Waals surface area (Å²) < 4.78 is 18.2. The molecule has 0 aliphatic heterocycles. The van der Waals surface area contributed by atoms with Gasteiger partial charge < -0.3 is 10.1 Å². The smallest absolute Gasteiger partial charge is 0.341 e. The van der Waals surface area contributed by atoms with E-state index < -0.39 is 5.97 Å². The highest BCUT2D eigenvalue weighted by atomic mass is 32.1. The number of hydrogen-bond donors (Lipinski definition) is 1. The number of carbonyl (C=O) groups is 2. The van der Waals surface area contributed by atoms with Crippen LogP contribution in [0, 0.1) is 5.82 Å². The quantitative estimate of drug-likeness (QED) is 0.615. The normalized spacial score (nSPS) is 10.4. The fraction of sp³-hybridized carbons (Fsp3) is 0.143. The molecule has 0 unspecified atom stereocenters. The van der Waals surface area contributed by atoms with Crippen molar-refractivity contribution in [3.05, 3.63) is 76.9 Å². The van der Waals surface area contributed by atoms with Crippen molar-refractivity contribution >= 4 is 28.2 Å². The number of hydrogen-bond acceptors (Lipinski definition) is 4. The Bertz CT molecular complexity index is 936. The van der Waals surface area contributed by atoms with Crippen molar-refractivity contribution in [1.29, 1.82) is 0 Å². The molecule has 6 heteroatoms. The lowest BCUT2D eigenvalue weighted by atomic mass is 10.0. The van der Waals surface area contributed by atoms with E-state index in [1.54, 1.807) is 19.1 Å². The molecule has 138 valence electrons. The number of nitrogens with one attached hydrogen (secondary N) is 1. The second-order valence-electron chi connectivity index (χ2n) is 5.79. The molecule has 0 aliphatic rings. The summed E-state index contributed by atoms with van der Waals surface area (Å²) in [7, 11) is 0. The second kappa shape index (κ2) is 8.60. The fourth-order valence-electron chi connectivity index (χ4n) is 2.64. The van der Waals surface area contributed by atoms with Gasteiger partial charge in [0.15, 0.2) is 0 Å². The van der Waals surface area contributed by atoms with Crippen molar-refractivity contribution < 1.29 is 18.7 Å². The van der Waals surface area contributed by atoms with E-state index in [0.717, 1.165) is 11.1 Å². The van der Waals surface area contributed by atoms with Crippen LogP contribution in [0.4, 0.5) is 9.39 Å². The molecule has 0 saturated heterocycles. The minimum Gasteiger partial charge on any atom is -0.462 e. The van der Waals surface area contributed by atoms with Gasteiger partial charge in [-0.05, 0) is 30.2 Å². The number of amides is 1. The number of halogens is 1. The third-order valence-corrected chi connectivity index (χ3v) is 4.78. The van der Waals surface area contributed by atoms with Crippen molar-refractivity contribution in [2.75, 3.05) is 11.9 Å². The molecule has 27 heavy (non-hydrogen) atoms. The van der Waals surface area contributed by atoms with Crippen LogP contribution in [-0.4, -0.2) is 18.5 Å². The SMILES string of the molecule is CCOC(=O)c1c(-c2ccccc2)csc1NC(=O)Cc1ccc(F)cc1. The number of esters is 1. The Balaban J connectivity index is 1.86. The van der Waals surface area contributed by atoms with Crippen LogP contribution in [0.2, 0.25) is 0 Å². The molecule has 0 aliphatic carbocycles. The Morgan fingerprint density at radius 1 is 1.07 bits per heavy atom. The van der Waals surface area contributed by atoms with E-state index in [1.165, 1.54) is 23.5 Å². The van der Waals surface area contributed by atoms with Gasteiger partial charge in [-0.2, -0.15) is 0 Å². The molecule has 0 radical (unpaired) electrons. The zero-order chi connectivity index (χ0) is 19.2. The molecule has 0 saturated carbocycles. The molecule has 0 bridgehead atoms. The van der Waals surface area contributed by atoms with Crippen molar-refractivity contribution in [3.63, 3.8) is 0 Å². The first-order valence-electron chi connectivity index (χ1n) is 8.46. The minimum absolute atomic E-state index is 0.0844. The van der Waals surface area contributed by atoms with E-state index in [-0.39, 0.29) is 24.8 Å². The molecule has 2 aromatic carbocycles. The number of thiophene rings is 1. The highest BCUT2D eigenvalue weighted by Crippen LogP contribution is 2.36. The standard InChI is InChI=1S/C21H18FNO3S/c1-2-26-21(25)19-17(15-6-4-3-5-7-15)13-27-20(19)23-18(24)12-14-8-10-16(22)11-9-14/h3-11,13H,2,12H2,1H3,(H,23,24). The lowest BCUT2D eigenvalue weighted by Gasteiger charge is -2.09. The average molecular weight is 383 g/mol. The maximum absolute atomic E-state index is 13.0. The number of anilines is 1. The van der Waals surface area contributed by atoms with Gasteiger partial charge in [0.25, 0.3) is 0 Å². The minimum atomic E-state index is -0.477. The molecule has 1 N–H and O–H groups in total. The van der Waals surface area contributed by atoms with E-state index in [1.807, 2.05) is 35.7 Å². The fourth-order valence-corrected chi connectivity index (χ4v) is 3.62. The summed E-state index contributed by atoms with van der Waals surface area (Å²) in [5, 5.41) is 5.06. The summed E-state index contributed by atoms with van der Waals surface area (Å²) in [6.07, 6.45) is 0.0844. The predicted molar refractivity (Wildman–Crippen MR) is 104 cm³/mol. The molecule has 0 fully saturated rings. The van der Waals surface area contributed by atoms with E-state index in [9.17, 15) is 14.0 Å². The first-order valence-corrected chi connectivity index (χ1v) is 9.34. The summed E-state index contributed by atoms with van der Waals surface area (Å²) in [5.74, 6) is -1.11. The van der Waals surface area contributed by atoms with Crippen LogP contribution in [0.25, 0.3) is 11.1 Å². The largest absolute Gasteiger partial charge is 0.462 e. The Kier molecular flexibility index (Phi) is 5.98. The van der Waals surface area contributed by atoms with Crippen LogP contribution >= 0.6 is 11.3 Å². The number of benzene rings is 2. The molecule has 3 rings (SSSR count). The third kappa shape index (κ3) is 4.60. The van der Waals surface area contributed by atoms with Crippen LogP contribution in [0.3, 0.4) is 0 Å². The zero-order valence-corrected chi connectivity index (χ0v) is 15.5. The third-order valence-electron chi connectivity index (χ3n) is 3.89. The van der Waals surface area contributed by atoms with Crippen LogP contribution in [0.1, 0.15) is 22.8 Å². The molecule has 3 aromatic rings. The first kappa shape index (κ1) is 18.8. The zero-order valence-electron chi connectivity index (χ0n) is 14.7. The van der Waals surface area contributed by atoms with Gasteiger partial charge in [-0.15, -0.1) is 11.3 Å². The van der Waals surface area contributed by atoms with Gasteiger partial charge in [-0.25, -0.2) is 9.18 Å². The van der Waals surface area contributed by atoms with Gasteiger partial charge in [-0.3, -0.25) is 4.79 Å². The Morgan fingerprint density at radius 2 is 1.78 bits per heavy atom. The molecule has 4 nitrogen and oxygen atoms in total. The van der Waals surface area contributed by atoms with Gasteiger partial charge in [0.1, 0.15) is 16.4 Å². The van der Waals surface area contributed by atoms with Crippen molar-refractivity contribution in [3.8, 4) is 11.1 Å². The summed E-state index contributed by atoms with van der Waals surface area (Å²) >= 11 is 1.27. The second-order valence-corrected chi connectivity index (χ2v) is 6.67. The van der Waals surface area contributed by atoms with Gasteiger partial charge >= 0.3 is 5.97 Å². The Hall–Kier alpha value is -2.99. The topological polar surface area (TPSA) is 55.4 Å². The summed E-state index contributed by atoms with van der Waals surface area (Å²) in [5.41, 5.74) is 2.62. The summed E-state index contributed by atoms with van der Waals surface area (Å²) in [4.78, 5) is 24.9. The summed E-state index contributed by atoms with van der Waals surface area (Å²) in [6, 6.07) is 15.2. The predicted octanol–water partition coefficient (Wildman–Crippen LogP) is 4.91. The average Bonchev–Trinajstić information content (AvgIpc) is 3.08. The number of rotatable bonds is 6. The van der Waals surface area contributed by atoms with Crippen LogP contribution in [0.5, 0.6) is 0 Å². The van der Waals surface area contributed by atoms with Crippen molar-refractivity contribution in [2.45, 2.75) is 13.3 Å². The summed E-state index contributed by atoms with van der Waals surface area (Å²) in [6.45, 7) is 1.98. The van der Waals surface area contributed by atoms with Gasteiger partial charge in [0.2, 0.25) is 5.91 Å². The van der Waals surface area contributed by atoms with Gasteiger partial charge in [0.05, 0.1) is 13.0 Å². The Labute approximate surface area is 160 Å². The maximum Gasteiger partial charge on any atom is 0.341 e. The number of ether oxygens (including phenoxy) is 1. The monoisotopic (exact) mass is 383 g/mol. The highest BCUT2D eigenvalue weighted by molar-refractivity contribution is 7.15. The molecular formula is C21H18FNO3S. The van der Waals surface area contributed by atoms with E-state index in [4.69, 9.17) is 4.74 Å². The van der Waals surface area contributed by atoms with Crippen molar-refractivity contribution in [1.82, 2.24) is 0 Å². The molecule has 0 atom stereocenters. The molecule has 1 heterocycles. The van der Waals surface area contributed by atoms with Crippen LogP contribution in [-0.2, 0) is 16.0 Å². The Morgan fingerprint density at radius 3 is 2.44 bits per heavy atom. The highest BCUT2D eigenvalue weighted by Gasteiger charge is 2.22. The first-order chi connectivity index (χ1) is 13.1. The lowest BCUT2D eigenvalue weighted by Crippen LogP contribution is -2.16. The molecular weight excluding hydrogens is 365 g/mol. The number of carbonyl (C=O) groups excluding carboxylic acids is 2. The molecule has 1 amide bonds. The van der Waals surface area contributed by atoms with Crippen LogP contribution in [0.15, 0.2) is 60.0 Å². The molecule has 0 spiro atoms. The maximum atomic E-state index is 13.0. The van der Waals surface area contributed by atoms with E-state index in [0.29, 0.717) is 16.1 Å². The lowest BCUT2D eigenvalue weighted by molar-refractivity contribution is -0.115. The van der Waals surface area contributed by atoms with Crippen molar-refractivity contribution in [2.24, 2.45) is 0 Å². The molecule has 1 aromatic heterocycles.